The van der Waals surface area contributed by atoms with Gasteiger partial charge in [0.05, 0.1) is 0 Å². The van der Waals surface area contributed by atoms with Crippen LogP contribution in [0.1, 0.15) is 24.8 Å². The fourth-order valence-electron chi connectivity index (χ4n) is 2.95. The van der Waals surface area contributed by atoms with E-state index in [-0.39, 0.29) is 0 Å². The van der Waals surface area contributed by atoms with Gasteiger partial charge >= 0.3 is 0 Å². The van der Waals surface area contributed by atoms with Crippen molar-refractivity contribution in [1.82, 2.24) is 10.6 Å². The van der Waals surface area contributed by atoms with Gasteiger partial charge in [-0.25, -0.2) is 0 Å². The number of guanidine groups is 1. The lowest BCUT2D eigenvalue weighted by molar-refractivity contribution is 0.0822. The maximum atomic E-state index is 5.39. The zero-order valence-electron chi connectivity index (χ0n) is 12.7. The predicted octanol–water partition coefficient (Wildman–Crippen LogP) is 1.96. The van der Waals surface area contributed by atoms with Crippen molar-refractivity contribution >= 4 is 5.96 Å². The Morgan fingerprint density at radius 3 is 2.67 bits per heavy atom. The van der Waals surface area contributed by atoms with Crippen LogP contribution in [0.3, 0.4) is 0 Å². The van der Waals surface area contributed by atoms with Crippen molar-refractivity contribution in [3.8, 4) is 0 Å². The summed E-state index contributed by atoms with van der Waals surface area (Å²) >= 11 is 0. The zero-order chi connectivity index (χ0) is 14.5. The highest BCUT2D eigenvalue weighted by Gasteiger charge is 2.37. The smallest absolute Gasteiger partial charge is 0.191 e. The average Bonchev–Trinajstić information content (AvgIpc) is 3.26. The molecule has 2 unspecified atom stereocenters. The molecule has 1 saturated heterocycles. The number of ether oxygens (including phenoxy) is 1. The van der Waals surface area contributed by atoms with E-state index in [1.54, 1.807) is 0 Å². The number of aliphatic imine (C=N–C) groups is 1. The lowest BCUT2D eigenvalue weighted by Gasteiger charge is -2.25. The van der Waals surface area contributed by atoms with Crippen LogP contribution in [0.5, 0.6) is 0 Å². The van der Waals surface area contributed by atoms with Crippen molar-refractivity contribution in [2.24, 2.45) is 10.9 Å². The molecule has 3 rings (SSSR count). The lowest BCUT2D eigenvalue weighted by atomic mass is 10.1. The van der Waals surface area contributed by atoms with Gasteiger partial charge in [0.15, 0.2) is 5.96 Å². The molecule has 1 aliphatic heterocycles. The van der Waals surface area contributed by atoms with E-state index in [4.69, 9.17) is 4.74 Å². The van der Waals surface area contributed by atoms with Crippen molar-refractivity contribution in [1.29, 1.82) is 0 Å². The van der Waals surface area contributed by atoms with Crippen molar-refractivity contribution in [2.45, 2.75) is 37.8 Å². The molecule has 2 atom stereocenters. The van der Waals surface area contributed by atoms with Gasteiger partial charge in [0.2, 0.25) is 0 Å². The first-order chi connectivity index (χ1) is 10.3. The summed E-state index contributed by atoms with van der Waals surface area (Å²) < 4.78 is 5.39. The van der Waals surface area contributed by atoms with Gasteiger partial charge in [-0.3, -0.25) is 4.99 Å². The summed E-state index contributed by atoms with van der Waals surface area (Å²) in [6.45, 7) is 1.71. The molecule has 1 heterocycles. The SMILES string of the molecule is CN=C(NC1CCOCC1)NC1CC1Cc1ccccc1. The normalized spacial score (nSPS) is 26.4. The first kappa shape index (κ1) is 14.4. The van der Waals surface area contributed by atoms with Gasteiger partial charge in [0.1, 0.15) is 0 Å². The molecule has 1 aliphatic carbocycles. The highest BCUT2D eigenvalue weighted by molar-refractivity contribution is 5.80. The number of rotatable bonds is 4. The van der Waals surface area contributed by atoms with Gasteiger partial charge in [-0.1, -0.05) is 30.3 Å². The van der Waals surface area contributed by atoms with E-state index < -0.39 is 0 Å². The summed E-state index contributed by atoms with van der Waals surface area (Å²) in [5, 5.41) is 7.08. The Bertz CT molecular complexity index is 468. The second-order valence-corrected chi connectivity index (χ2v) is 6.04. The first-order valence-electron chi connectivity index (χ1n) is 7.96. The molecule has 1 aromatic carbocycles. The van der Waals surface area contributed by atoms with Crippen LogP contribution < -0.4 is 10.6 Å². The Hall–Kier alpha value is -1.55. The molecule has 0 aromatic heterocycles. The van der Waals surface area contributed by atoms with Crippen molar-refractivity contribution in [3.63, 3.8) is 0 Å². The standard InChI is InChI=1S/C17H25N3O/c1-18-17(19-15-7-9-21-10-8-15)20-16-12-14(16)11-13-5-3-2-4-6-13/h2-6,14-16H,7-12H2,1H3,(H2,18,19,20). The van der Waals surface area contributed by atoms with E-state index >= 15 is 0 Å². The van der Waals surface area contributed by atoms with Gasteiger partial charge in [0, 0.05) is 32.3 Å². The van der Waals surface area contributed by atoms with Crippen molar-refractivity contribution < 1.29 is 4.74 Å². The van der Waals surface area contributed by atoms with E-state index in [9.17, 15) is 0 Å². The molecular formula is C17H25N3O. The Morgan fingerprint density at radius 1 is 1.19 bits per heavy atom. The zero-order valence-corrected chi connectivity index (χ0v) is 12.7. The van der Waals surface area contributed by atoms with Gasteiger partial charge in [-0.2, -0.15) is 0 Å². The Labute approximate surface area is 127 Å². The van der Waals surface area contributed by atoms with Crippen molar-refractivity contribution in [2.75, 3.05) is 20.3 Å². The molecule has 1 aromatic rings. The third-order valence-electron chi connectivity index (χ3n) is 4.37. The molecule has 4 nitrogen and oxygen atoms in total. The maximum absolute atomic E-state index is 5.39. The van der Waals surface area contributed by atoms with E-state index in [0.29, 0.717) is 12.1 Å². The molecule has 0 radical (unpaired) electrons. The summed E-state index contributed by atoms with van der Waals surface area (Å²) in [7, 11) is 1.85. The largest absolute Gasteiger partial charge is 0.381 e. The van der Waals surface area contributed by atoms with Crippen LogP contribution in [0.25, 0.3) is 0 Å². The molecule has 2 N–H and O–H groups in total. The van der Waals surface area contributed by atoms with E-state index in [2.05, 4.69) is 46.0 Å². The quantitative estimate of drug-likeness (QED) is 0.657. The van der Waals surface area contributed by atoms with Crippen molar-refractivity contribution in [3.05, 3.63) is 35.9 Å². The summed E-state index contributed by atoms with van der Waals surface area (Å²) in [5.74, 6) is 1.68. The van der Waals surface area contributed by atoms with Crippen LogP contribution in [-0.4, -0.2) is 38.3 Å². The minimum atomic E-state index is 0.497. The minimum absolute atomic E-state index is 0.497. The molecule has 1 saturated carbocycles. The Balaban J connectivity index is 1.43. The number of nitrogens with one attached hydrogen (secondary N) is 2. The molecule has 0 spiro atoms. The van der Waals surface area contributed by atoms with Crippen LogP contribution in [-0.2, 0) is 11.2 Å². The fourth-order valence-corrected chi connectivity index (χ4v) is 2.95. The Morgan fingerprint density at radius 2 is 1.95 bits per heavy atom. The molecule has 114 valence electrons. The third-order valence-corrected chi connectivity index (χ3v) is 4.37. The van der Waals surface area contributed by atoms with Crippen LogP contribution in [0.2, 0.25) is 0 Å². The molecule has 2 fully saturated rings. The summed E-state index contributed by atoms with van der Waals surface area (Å²) in [5.41, 5.74) is 1.43. The highest BCUT2D eigenvalue weighted by atomic mass is 16.5. The second-order valence-electron chi connectivity index (χ2n) is 6.04. The maximum Gasteiger partial charge on any atom is 0.191 e. The summed E-state index contributed by atoms with van der Waals surface area (Å²) in [6.07, 6.45) is 4.54. The lowest BCUT2D eigenvalue weighted by Crippen LogP contribution is -2.46. The monoisotopic (exact) mass is 287 g/mol. The number of benzene rings is 1. The molecule has 2 aliphatic rings. The van der Waals surface area contributed by atoms with Crippen LogP contribution in [0.15, 0.2) is 35.3 Å². The number of hydrogen-bond donors (Lipinski definition) is 2. The van der Waals surface area contributed by atoms with Gasteiger partial charge in [-0.05, 0) is 37.2 Å². The fraction of sp³-hybridized carbons (Fsp3) is 0.588. The topological polar surface area (TPSA) is 45.7 Å². The van der Waals surface area contributed by atoms with Crippen LogP contribution >= 0.6 is 0 Å². The van der Waals surface area contributed by atoms with Gasteiger partial charge < -0.3 is 15.4 Å². The number of hydrogen-bond acceptors (Lipinski definition) is 2. The Kier molecular flexibility index (Phi) is 4.76. The van der Waals surface area contributed by atoms with Crippen LogP contribution in [0.4, 0.5) is 0 Å². The third kappa shape index (κ3) is 4.21. The second kappa shape index (κ2) is 6.94. The van der Waals surface area contributed by atoms with E-state index in [1.807, 2.05) is 7.05 Å². The minimum Gasteiger partial charge on any atom is -0.381 e. The molecule has 21 heavy (non-hydrogen) atoms. The molecular weight excluding hydrogens is 262 g/mol. The molecule has 4 heteroatoms. The first-order valence-corrected chi connectivity index (χ1v) is 7.96. The van der Waals surface area contributed by atoms with E-state index in [1.165, 1.54) is 12.0 Å². The average molecular weight is 287 g/mol. The predicted molar refractivity (Wildman–Crippen MR) is 85.5 cm³/mol. The molecule has 0 bridgehead atoms. The van der Waals surface area contributed by atoms with Gasteiger partial charge in [-0.15, -0.1) is 0 Å². The van der Waals surface area contributed by atoms with E-state index in [0.717, 1.165) is 44.4 Å². The highest BCUT2D eigenvalue weighted by Crippen LogP contribution is 2.33. The summed E-state index contributed by atoms with van der Waals surface area (Å²) in [4.78, 5) is 4.36. The summed E-state index contributed by atoms with van der Waals surface area (Å²) in [6, 6.07) is 11.8. The molecule has 0 amide bonds. The van der Waals surface area contributed by atoms with Crippen LogP contribution in [0, 0.1) is 5.92 Å². The van der Waals surface area contributed by atoms with Gasteiger partial charge in [0.25, 0.3) is 0 Å². The number of nitrogens with zero attached hydrogens (tertiary/aromatic N) is 1.